The summed E-state index contributed by atoms with van der Waals surface area (Å²) in [6.07, 6.45) is 3.74. The van der Waals surface area contributed by atoms with Gasteiger partial charge < -0.3 is 10.6 Å². The summed E-state index contributed by atoms with van der Waals surface area (Å²) in [5.41, 5.74) is 4.41. The number of benzene rings is 1. The summed E-state index contributed by atoms with van der Waals surface area (Å²) in [5.74, 6) is 0. The molecule has 2 heteroatoms. The van der Waals surface area contributed by atoms with Crippen molar-refractivity contribution < 1.29 is 0 Å². The third kappa shape index (κ3) is 3.39. The largest absolute Gasteiger partial charge is 0.381 e. The molecule has 0 saturated carbocycles. The Morgan fingerprint density at radius 1 is 0.944 bits per heavy atom. The maximum absolute atomic E-state index is 3.91. The maximum Gasteiger partial charge on any atom is 0.0657 e. The molecule has 0 aromatic heterocycles. The zero-order chi connectivity index (χ0) is 13.7. The van der Waals surface area contributed by atoms with Crippen molar-refractivity contribution in [3.05, 3.63) is 36.4 Å². The summed E-state index contributed by atoms with van der Waals surface area (Å²) in [4.78, 5) is 0. The van der Waals surface area contributed by atoms with Gasteiger partial charge in [-0.25, -0.2) is 0 Å². The molecule has 0 spiro atoms. The first-order valence-corrected chi connectivity index (χ1v) is 6.44. The van der Waals surface area contributed by atoms with Crippen LogP contribution in [-0.4, -0.2) is 12.1 Å². The third-order valence-corrected chi connectivity index (χ3v) is 2.58. The van der Waals surface area contributed by atoms with Crippen molar-refractivity contribution in [2.24, 2.45) is 0 Å². The molecule has 0 atom stereocenters. The average Bonchev–Trinajstić information content (AvgIpc) is 2.29. The van der Waals surface area contributed by atoms with E-state index < -0.39 is 0 Å². The van der Waals surface area contributed by atoms with Crippen LogP contribution in [-0.2, 0) is 0 Å². The number of nitrogens with one attached hydrogen (secondary N) is 2. The molecule has 2 nitrogen and oxygen atoms in total. The highest BCUT2D eigenvalue weighted by molar-refractivity contribution is 5.84. The normalized spacial score (nSPS) is 10.6. The summed E-state index contributed by atoms with van der Waals surface area (Å²) in [5, 5.41) is 6.95. The van der Waals surface area contributed by atoms with E-state index in [2.05, 4.69) is 63.6 Å². The summed E-state index contributed by atoms with van der Waals surface area (Å²) in [6, 6.07) is 4.93. The summed E-state index contributed by atoms with van der Waals surface area (Å²) in [6.45, 7) is 16.3. The Labute approximate surface area is 111 Å². The molecule has 0 heterocycles. The topological polar surface area (TPSA) is 24.1 Å². The molecule has 0 unspecified atom stereocenters. The minimum Gasteiger partial charge on any atom is -0.381 e. The Kier molecular flexibility index (Phi) is 5.02. The van der Waals surface area contributed by atoms with Gasteiger partial charge in [0.2, 0.25) is 0 Å². The van der Waals surface area contributed by atoms with Crippen LogP contribution in [0.25, 0.3) is 12.2 Å². The van der Waals surface area contributed by atoms with Crippen molar-refractivity contribution >= 4 is 23.5 Å². The van der Waals surface area contributed by atoms with Gasteiger partial charge in [0.1, 0.15) is 0 Å². The molecule has 18 heavy (non-hydrogen) atoms. The van der Waals surface area contributed by atoms with Crippen molar-refractivity contribution in [3.63, 3.8) is 0 Å². The highest BCUT2D eigenvalue weighted by Crippen LogP contribution is 2.32. The monoisotopic (exact) mass is 244 g/mol. The van der Waals surface area contributed by atoms with Crippen LogP contribution in [0.5, 0.6) is 0 Å². The zero-order valence-corrected chi connectivity index (χ0v) is 11.9. The van der Waals surface area contributed by atoms with Gasteiger partial charge in [-0.05, 0) is 39.3 Å². The fourth-order valence-corrected chi connectivity index (χ4v) is 1.91. The van der Waals surface area contributed by atoms with Crippen molar-refractivity contribution in [2.45, 2.75) is 39.8 Å². The first-order chi connectivity index (χ1) is 8.49. The van der Waals surface area contributed by atoms with E-state index in [0.29, 0.717) is 12.1 Å². The lowest BCUT2D eigenvalue weighted by Gasteiger charge is -2.21. The maximum atomic E-state index is 3.91. The first-order valence-electron chi connectivity index (χ1n) is 6.44. The van der Waals surface area contributed by atoms with E-state index in [1.807, 2.05) is 12.2 Å². The Bertz CT molecular complexity index is 431. The van der Waals surface area contributed by atoms with Gasteiger partial charge in [-0.15, -0.1) is 0 Å². The van der Waals surface area contributed by atoms with Crippen LogP contribution in [0.1, 0.15) is 38.8 Å². The minimum absolute atomic E-state index is 0.372. The van der Waals surface area contributed by atoms with Crippen molar-refractivity contribution in [2.75, 3.05) is 10.6 Å². The molecule has 1 aromatic rings. The quantitative estimate of drug-likeness (QED) is 0.763. The molecule has 0 saturated heterocycles. The zero-order valence-electron chi connectivity index (χ0n) is 11.9. The Morgan fingerprint density at radius 3 is 2.00 bits per heavy atom. The fraction of sp³-hybridized carbons (Fsp3) is 0.375. The van der Waals surface area contributed by atoms with Gasteiger partial charge in [-0.1, -0.05) is 31.4 Å². The number of hydrogen-bond acceptors (Lipinski definition) is 2. The lowest BCUT2D eigenvalue weighted by atomic mass is 10.0. The lowest BCUT2D eigenvalue weighted by Crippen LogP contribution is -2.16. The van der Waals surface area contributed by atoms with Gasteiger partial charge in [0.25, 0.3) is 0 Å². The number of rotatable bonds is 6. The molecular weight excluding hydrogens is 220 g/mol. The molecule has 98 valence electrons. The van der Waals surface area contributed by atoms with Gasteiger partial charge in [-0.3, -0.25) is 0 Å². The van der Waals surface area contributed by atoms with E-state index in [-0.39, 0.29) is 0 Å². The standard InChI is InChI=1S/C16H24N2/c1-7-13-9-10-15(17-11(3)4)16(14(13)8-2)18-12(5)6/h7-12,17-18H,1-2H2,3-6H3. The van der Waals surface area contributed by atoms with E-state index in [4.69, 9.17) is 0 Å². The SMILES string of the molecule is C=Cc1ccc(NC(C)C)c(NC(C)C)c1C=C. The van der Waals surface area contributed by atoms with Crippen LogP contribution < -0.4 is 10.6 Å². The second kappa shape index (κ2) is 6.29. The Hall–Kier alpha value is -1.70. The first kappa shape index (κ1) is 14.4. The van der Waals surface area contributed by atoms with Gasteiger partial charge in [-0.2, -0.15) is 0 Å². The van der Waals surface area contributed by atoms with Gasteiger partial charge in [0.05, 0.1) is 11.4 Å². The second-order valence-corrected chi connectivity index (χ2v) is 5.00. The van der Waals surface area contributed by atoms with Gasteiger partial charge >= 0.3 is 0 Å². The van der Waals surface area contributed by atoms with E-state index in [1.54, 1.807) is 0 Å². The molecule has 1 rings (SSSR count). The smallest absolute Gasteiger partial charge is 0.0657 e. The van der Waals surface area contributed by atoms with Crippen molar-refractivity contribution in [1.82, 2.24) is 0 Å². The van der Waals surface area contributed by atoms with E-state index >= 15 is 0 Å². The fourth-order valence-electron chi connectivity index (χ4n) is 1.91. The van der Waals surface area contributed by atoms with Gasteiger partial charge in [0.15, 0.2) is 0 Å². The molecule has 0 aliphatic carbocycles. The predicted octanol–water partition coefficient (Wildman–Crippen LogP) is 4.61. The highest BCUT2D eigenvalue weighted by atomic mass is 15.0. The summed E-state index contributed by atoms with van der Waals surface area (Å²) >= 11 is 0. The molecule has 1 aromatic carbocycles. The molecule has 0 aliphatic heterocycles. The van der Waals surface area contributed by atoms with Crippen LogP contribution in [0.2, 0.25) is 0 Å². The molecular formula is C16H24N2. The van der Waals surface area contributed by atoms with E-state index in [0.717, 1.165) is 22.5 Å². The van der Waals surface area contributed by atoms with Crippen LogP contribution in [0.3, 0.4) is 0 Å². The van der Waals surface area contributed by atoms with E-state index in [9.17, 15) is 0 Å². The van der Waals surface area contributed by atoms with Crippen LogP contribution in [0, 0.1) is 0 Å². The lowest BCUT2D eigenvalue weighted by molar-refractivity contribution is 0.883. The van der Waals surface area contributed by atoms with Gasteiger partial charge in [0, 0.05) is 17.6 Å². The Balaban J connectivity index is 3.33. The van der Waals surface area contributed by atoms with Crippen LogP contribution in [0.4, 0.5) is 11.4 Å². The molecule has 2 N–H and O–H groups in total. The van der Waals surface area contributed by atoms with Crippen molar-refractivity contribution in [3.8, 4) is 0 Å². The van der Waals surface area contributed by atoms with Crippen LogP contribution in [0.15, 0.2) is 25.3 Å². The second-order valence-electron chi connectivity index (χ2n) is 5.00. The predicted molar refractivity (Wildman–Crippen MR) is 84.1 cm³/mol. The summed E-state index contributed by atoms with van der Waals surface area (Å²) in [7, 11) is 0. The van der Waals surface area contributed by atoms with E-state index in [1.165, 1.54) is 0 Å². The molecule has 0 bridgehead atoms. The third-order valence-electron chi connectivity index (χ3n) is 2.58. The summed E-state index contributed by atoms with van der Waals surface area (Å²) < 4.78 is 0. The average molecular weight is 244 g/mol. The minimum atomic E-state index is 0.372. The molecule has 0 radical (unpaired) electrons. The molecule has 0 amide bonds. The van der Waals surface area contributed by atoms with Crippen LogP contribution >= 0.6 is 0 Å². The van der Waals surface area contributed by atoms with Crippen molar-refractivity contribution in [1.29, 1.82) is 0 Å². The Morgan fingerprint density at radius 2 is 1.56 bits per heavy atom. The molecule has 0 aliphatic rings. The number of anilines is 2. The number of hydrogen-bond donors (Lipinski definition) is 2. The highest BCUT2D eigenvalue weighted by Gasteiger charge is 2.11. The molecule has 0 fully saturated rings.